The lowest BCUT2D eigenvalue weighted by molar-refractivity contribution is -0.142. The molecular formula is C25H35N4O9P. The van der Waals surface area contributed by atoms with Gasteiger partial charge in [0.25, 0.3) is 0 Å². The molecular weight excluding hydrogens is 531 g/mol. The van der Waals surface area contributed by atoms with Gasteiger partial charge in [0.05, 0.1) is 6.54 Å². The molecule has 3 rings (SSSR count). The van der Waals surface area contributed by atoms with Crippen LogP contribution in [0.15, 0.2) is 30.3 Å². The Balaban J connectivity index is 1.66. The first-order chi connectivity index (χ1) is 18.2. The van der Waals surface area contributed by atoms with Crippen molar-refractivity contribution in [2.45, 2.75) is 45.7 Å². The van der Waals surface area contributed by atoms with Crippen molar-refractivity contribution in [3.8, 4) is 5.75 Å². The lowest BCUT2D eigenvalue weighted by Crippen LogP contribution is -2.55. The second-order valence-corrected chi connectivity index (χ2v) is 11.3. The van der Waals surface area contributed by atoms with Crippen molar-refractivity contribution in [2.75, 3.05) is 19.7 Å². The van der Waals surface area contributed by atoms with E-state index in [9.17, 15) is 23.7 Å². The van der Waals surface area contributed by atoms with Gasteiger partial charge in [-0.15, -0.1) is 0 Å². The number of ether oxygens (including phenoxy) is 1. The zero-order valence-electron chi connectivity index (χ0n) is 22.0. The normalized spacial score (nSPS) is 21.1. The summed E-state index contributed by atoms with van der Waals surface area (Å²) in [5.74, 6) is -0.796. The molecule has 1 aromatic carbocycles. The number of phosphoric ester groups is 1. The third kappa shape index (κ3) is 8.81. The molecule has 0 spiro atoms. The number of phosphoric acid groups is 1. The van der Waals surface area contributed by atoms with E-state index in [0.29, 0.717) is 24.1 Å². The van der Waals surface area contributed by atoms with Gasteiger partial charge in [-0.1, -0.05) is 26.0 Å². The van der Waals surface area contributed by atoms with Gasteiger partial charge in [0, 0.05) is 12.6 Å². The number of piperidine rings is 1. The minimum atomic E-state index is -4.68. The van der Waals surface area contributed by atoms with Crippen molar-refractivity contribution in [1.29, 1.82) is 0 Å². The van der Waals surface area contributed by atoms with Crippen LogP contribution in [0.5, 0.6) is 5.75 Å². The average molecular weight is 567 g/mol. The fourth-order valence-electron chi connectivity index (χ4n) is 4.76. The molecule has 6 N–H and O–H groups in total. The molecule has 2 fully saturated rings. The Kier molecular flexibility index (Phi) is 9.76. The van der Waals surface area contributed by atoms with E-state index in [1.807, 2.05) is 13.8 Å². The highest BCUT2D eigenvalue weighted by atomic mass is 31.2. The van der Waals surface area contributed by atoms with Gasteiger partial charge < -0.3 is 30.5 Å². The van der Waals surface area contributed by atoms with E-state index in [1.54, 1.807) is 19.1 Å². The molecule has 39 heavy (non-hydrogen) atoms. The second kappa shape index (κ2) is 12.6. The molecule has 0 radical (unpaired) electrons. The predicted octanol–water partition coefficient (Wildman–Crippen LogP) is 1.15. The summed E-state index contributed by atoms with van der Waals surface area (Å²) in [6.45, 7) is 5.97. The molecule has 0 aromatic heterocycles. The number of fused-ring (bicyclic) bond motifs is 1. The number of rotatable bonds is 12. The summed E-state index contributed by atoms with van der Waals surface area (Å²) in [4.78, 5) is 69.4. The topological polar surface area (TPSA) is 198 Å². The van der Waals surface area contributed by atoms with Gasteiger partial charge in [-0.2, -0.15) is 0 Å². The number of allylic oxidation sites excluding steroid dienone is 1. The summed E-state index contributed by atoms with van der Waals surface area (Å²) in [7, 11) is -4.68. The second-order valence-electron chi connectivity index (χ2n) is 10.2. The van der Waals surface area contributed by atoms with Crippen molar-refractivity contribution < 1.29 is 42.8 Å². The summed E-state index contributed by atoms with van der Waals surface area (Å²) >= 11 is 0. The molecule has 0 unspecified atom stereocenters. The first kappa shape index (κ1) is 30.1. The molecule has 214 valence electrons. The Labute approximate surface area is 226 Å². The molecule has 13 nitrogen and oxygen atoms in total. The quantitative estimate of drug-likeness (QED) is 0.140. The fourth-order valence-corrected chi connectivity index (χ4v) is 5.16. The van der Waals surface area contributed by atoms with Crippen LogP contribution in [0.1, 0.15) is 39.2 Å². The molecule has 1 aliphatic carbocycles. The molecule has 4 amide bonds. The zero-order chi connectivity index (χ0) is 28.9. The standard InChI is InChI=1S/C25H35N4O9P/c1-14(2)10-20(28-21(30)11-15(3)16-4-6-18(7-5-16)38-39(34,35)36)24(32)29-13-17-12-19(17)22(29)23(31)27-8-9-37-25(26)33/h4-7,11,14,17,19-20,22H,8-10,12-13H2,1-3H3,(H2,26,33)(H,27,31)(H,28,30)(H2,34,35,36)/b15-11+/t17-,19-,20+,22+/m1/s1. The first-order valence-corrected chi connectivity index (χ1v) is 14.1. The number of primary amides is 1. The molecule has 1 aliphatic heterocycles. The van der Waals surface area contributed by atoms with Crippen LogP contribution in [0.25, 0.3) is 5.57 Å². The maximum atomic E-state index is 13.6. The summed E-state index contributed by atoms with van der Waals surface area (Å²) in [6.07, 6.45) is 1.62. The van der Waals surface area contributed by atoms with E-state index in [2.05, 4.69) is 19.9 Å². The van der Waals surface area contributed by atoms with Gasteiger partial charge in [-0.05, 0) is 60.8 Å². The lowest BCUT2D eigenvalue weighted by atomic mass is 10.0. The number of likely N-dealkylation sites (tertiary alicyclic amines) is 1. The van der Waals surface area contributed by atoms with Crippen molar-refractivity contribution in [3.05, 3.63) is 35.9 Å². The van der Waals surface area contributed by atoms with Crippen molar-refractivity contribution in [1.82, 2.24) is 15.5 Å². The Morgan fingerprint density at radius 3 is 2.46 bits per heavy atom. The highest BCUT2D eigenvalue weighted by molar-refractivity contribution is 7.46. The van der Waals surface area contributed by atoms with E-state index in [4.69, 9.17) is 15.5 Å². The summed E-state index contributed by atoms with van der Waals surface area (Å²) < 4.78 is 20.1. The number of nitrogens with one attached hydrogen (secondary N) is 2. The van der Waals surface area contributed by atoms with Crippen molar-refractivity contribution >= 4 is 37.2 Å². The first-order valence-electron chi connectivity index (χ1n) is 12.6. The number of nitrogens with two attached hydrogens (primary N) is 1. The third-order valence-electron chi connectivity index (χ3n) is 6.55. The molecule has 1 saturated heterocycles. The molecule has 1 aromatic rings. The molecule has 1 saturated carbocycles. The van der Waals surface area contributed by atoms with E-state index in [-0.39, 0.29) is 48.5 Å². The van der Waals surface area contributed by atoms with Crippen LogP contribution in [-0.4, -0.2) is 70.3 Å². The largest absolute Gasteiger partial charge is 0.524 e. The highest BCUT2D eigenvalue weighted by Gasteiger charge is 2.57. The number of hydrogen-bond donors (Lipinski definition) is 5. The maximum Gasteiger partial charge on any atom is 0.524 e. The van der Waals surface area contributed by atoms with Gasteiger partial charge in [0.15, 0.2) is 0 Å². The summed E-state index contributed by atoms with van der Waals surface area (Å²) in [5, 5.41) is 5.47. The van der Waals surface area contributed by atoms with E-state index in [0.717, 1.165) is 6.42 Å². The Morgan fingerprint density at radius 2 is 1.87 bits per heavy atom. The van der Waals surface area contributed by atoms with Crippen molar-refractivity contribution in [2.24, 2.45) is 23.5 Å². The minimum absolute atomic E-state index is 0.0189. The monoisotopic (exact) mass is 566 g/mol. The van der Waals surface area contributed by atoms with Gasteiger partial charge in [-0.3, -0.25) is 24.2 Å². The number of nitrogens with zero attached hydrogens (tertiary/aromatic N) is 1. The van der Waals surface area contributed by atoms with Crippen LogP contribution in [0.3, 0.4) is 0 Å². The van der Waals surface area contributed by atoms with Crippen LogP contribution in [0.2, 0.25) is 0 Å². The number of carbonyl (C=O) groups excluding carboxylic acids is 4. The molecule has 4 atom stereocenters. The van der Waals surface area contributed by atoms with Crippen LogP contribution in [0.4, 0.5) is 4.79 Å². The summed E-state index contributed by atoms with van der Waals surface area (Å²) in [6, 6.07) is 4.35. The van der Waals surface area contributed by atoms with E-state index >= 15 is 0 Å². The van der Waals surface area contributed by atoms with Gasteiger partial charge in [0.1, 0.15) is 24.4 Å². The maximum absolute atomic E-state index is 13.6. The minimum Gasteiger partial charge on any atom is -0.448 e. The Bertz CT molecular complexity index is 1160. The lowest BCUT2D eigenvalue weighted by Gasteiger charge is -2.31. The zero-order valence-corrected chi connectivity index (χ0v) is 22.9. The molecule has 0 bridgehead atoms. The third-order valence-corrected chi connectivity index (χ3v) is 7.00. The number of amides is 4. The van der Waals surface area contributed by atoms with Crippen LogP contribution >= 0.6 is 7.82 Å². The Hall–Kier alpha value is -3.41. The van der Waals surface area contributed by atoms with Crippen LogP contribution in [0, 0.1) is 17.8 Å². The molecule has 14 heteroatoms. The molecule has 2 aliphatic rings. The highest BCUT2D eigenvalue weighted by Crippen LogP contribution is 2.49. The number of hydrogen-bond acceptors (Lipinski definition) is 7. The SMILES string of the molecule is C/C(=C\C(=O)N[C@@H](CC(C)C)C(=O)N1C[C@H]2C[C@H]2[C@H]1C(=O)NCCOC(N)=O)c1ccc(OP(=O)(O)O)cc1. The number of carbonyl (C=O) groups is 4. The van der Waals surface area contributed by atoms with E-state index in [1.165, 1.54) is 23.1 Å². The predicted molar refractivity (Wildman–Crippen MR) is 140 cm³/mol. The number of benzene rings is 1. The summed E-state index contributed by atoms with van der Waals surface area (Å²) in [5.41, 5.74) is 6.10. The van der Waals surface area contributed by atoms with Gasteiger partial charge >= 0.3 is 13.9 Å². The Morgan fingerprint density at radius 1 is 1.21 bits per heavy atom. The van der Waals surface area contributed by atoms with Crippen LogP contribution in [-0.2, 0) is 23.7 Å². The van der Waals surface area contributed by atoms with Crippen LogP contribution < -0.4 is 20.9 Å². The smallest absolute Gasteiger partial charge is 0.448 e. The van der Waals surface area contributed by atoms with E-state index < -0.39 is 31.9 Å². The average Bonchev–Trinajstić information content (AvgIpc) is 3.48. The van der Waals surface area contributed by atoms with Gasteiger partial charge in [0.2, 0.25) is 17.7 Å². The van der Waals surface area contributed by atoms with Crippen molar-refractivity contribution in [3.63, 3.8) is 0 Å². The fraction of sp³-hybridized carbons (Fsp3) is 0.520. The molecule has 1 heterocycles. The van der Waals surface area contributed by atoms with Gasteiger partial charge in [-0.25, -0.2) is 9.36 Å².